The molecule has 0 aromatic heterocycles. The minimum absolute atomic E-state index is 0.105. The van der Waals surface area contributed by atoms with Crippen molar-refractivity contribution < 1.29 is 14.0 Å². The summed E-state index contributed by atoms with van der Waals surface area (Å²) < 4.78 is 13.4. The molecule has 0 radical (unpaired) electrons. The Morgan fingerprint density at radius 1 is 1.22 bits per heavy atom. The second-order valence-electron chi connectivity index (χ2n) is 6.32. The van der Waals surface area contributed by atoms with Crippen LogP contribution in [0.15, 0.2) is 18.2 Å². The average Bonchev–Trinajstić information content (AvgIpc) is 2.55. The standard InChI is InChI=1S/C18H25FN2O2/c1-3-11-20-17(23)18(9-5-4-6-10-18)21-16(22)14-7-8-15(19)13(2)12-14/h7-8,12H,3-6,9-11H2,1-2H3,(H,20,23)(H,21,22). The molecule has 0 bridgehead atoms. The molecule has 1 saturated carbocycles. The van der Waals surface area contributed by atoms with Crippen molar-refractivity contribution in [3.05, 3.63) is 35.1 Å². The lowest BCUT2D eigenvalue weighted by molar-refractivity contribution is -0.128. The summed E-state index contributed by atoms with van der Waals surface area (Å²) in [6.45, 7) is 4.22. The number of hydrogen-bond acceptors (Lipinski definition) is 2. The molecule has 0 atom stereocenters. The molecule has 0 saturated heterocycles. The largest absolute Gasteiger partial charge is 0.354 e. The van der Waals surface area contributed by atoms with Crippen LogP contribution < -0.4 is 10.6 Å². The maximum atomic E-state index is 13.4. The first kappa shape index (κ1) is 17.4. The summed E-state index contributed by atoms with van der Waals surface area (Å²) in [5, 5.41) is 5.84. The zero-order valence-corrected chi connectivity index (χ0v) is 13.9. The molecule has 4 nitrogen and oxygen atoms in total. The quantitative estimate of drug-likeness (QED) is 0.876. The van der Waals surface area contributed by atoms with E-state index < -0.39 is 5.54 Å². The predicted molar refractivity (Wildman–Crippen MR) is 87.7 cm³/mol. The van der Waals surface area contributed by atoms with Gasteiger partial charge in [-0.25, -0.2) is 4.39 Å². The van der Waals surface area contributed by atoms with Gasteiger partial charge in [0.1, 0.15) is 11.4 Å². The number of hydrogen-bond donors (Lipinski definition) is 2. The fourth-order valence-electron chi connectivity index (χ4n) is 3.05. The molecule has 126 valence electrons. The van der Waals surface area contributed by atoms with Crippen molar-refractivity contribution in [3.63, 3.8) is 0 Å². The van der Waals surface area contributed by atoms with Crippen LogP contribution in [0.25, 0.3) is 0 Å². The monoisotopic (exact) mass is 320 g/mol. The number of rotatable bonds is 5. The van der Waals surface area contributed by atoms with E-state index in [0.717, 1.165) is 25.7 Å². The van der Waals surface area contributed by atoms with Crippen LogP contribution in [-0.4, -0.2) is 23.9 Å². The van der Waals surface area contributed by atoms with E-state index in [-0.39, 0.29) is 17.6 Å². The van der Waals surface area contributed by atoms with E-state index in [0.29, 0.717) is 30.5 Å². The zero-order valence-electron chi connectivity index (χ0n) is 13.9. The minimum Gasteiger partial charge on any atom is -0.354 e. The van der Waals surface area contributed by atoms with Gasteiger partial charge in [-0.15, -0.1) is 0 Å². The highest BCUT2D eigenvalue weighted by atomic mass is 19.1. The summed E-state index contributed by atoms with van der Waals surface area (Å²) in [4.78, 5) is 25.1. The Kier molecular flexibility index (Phi) is 5.74. The fraction of sp³-hybridized carbons (Fsp3) is 0.556. The van der Waals surface area contributed by atoms with Crippen LogP contribution in [0.3, 0.4) is 0 Å². The lowest BCUT2D eigenvalue weighted by atomic mass is 9.80. The van der Waals surface area contributed by atoms with Crippen LogP contribution in [0.2, 0.25) is 0 Å². The summed E-state index contributed by atoms with van der Waals surface area (Å²) >= 11 is 0. The van der Waals surface area contributed by atoms with Crippen LogP contribution in [0.4, 0.5) is 4.39 Å². The number of aryl methyl sites for hydroxylation is 1. The molecule has 1 aromatic carbocycles. The van der Waals surface area contributed by atoms with Crippen molar-refractivity contribution in [2.45, 2.75) is 57.9 Å². The molecule has 1 aliphatic carbocycles. The van der Waals surface area contributed by atoms with E-state index in [1.54, 1.807) is 6.92 Å². The maximum absolute atomic E-state index is 13.4. The Bertz CT molecular complexity index is 580. The molecule has 23 heavy (non-hydrogen) atoms. The highest BCUT2D eigenvalue weighted by Gasteiger charge is 2.40. The number of amides is 2. The van der Waals surface area contributed by atoms with Gasteiger partial charge >= 0.3 is 0 Å². The second-order valence-corrected chi connectivity index (χ2v) is 6.32. The topological polar surface area (TPSA) is 58.2 Å². The highest BCUT2D eigenvalue weighted by Crippen LogP contribution is 2.29. The number of halogens is 1. The van der Waals surface area contributed by atoms with Gasteiger partial charge in [-0.05, 0) is 49.9 Å². The first-order chi connectivity index (χ1) is 11.0. The van der Waals surface area contributed by atoms with Crippen LogP contribution in [0, 0.1) is 12.7 Å². The van der Waals surface area contributed by atoms with Gasteiger partial charge < -0.3 is 10.6 Å². The van der Waals surface area contributed by atoms with E-state index in [1.807, 2.05) is 6.92 Å². The summed E-state index contributed by atoms with van der Waals surface area (Å²) in [5.41, 5.74) is -0.0322. The Morgan fingerprint density at radius 2 is 1.91 bits per heavy atom. The summed E-state index contributed by atoms with van der Waals surface area (Å²) in [7, 11) is 0. The molecule has 1 aromatic rings. The maximum Gasteiger partial charge on any atom is 0.252 e. The van der Waals surface area contributed by atoms with Gasteiger partial charge in [-0.1, -0.05) is 26.2 Å². The molecule has 0 spiro atoms. The Hall–Kier alpha value is -1.91. The summed E-state index contributed by atoms with van der Waals surface area (Å²) in [5.74, 6) is -0.762. The highest BCUT2D eigenvalue weighted by molar-refractivity contribution is 5.99. The van der Waals surface area contributed by atoms with Crippen LogP contribution in [-0.2, 0) is 4.79 Å². The third-order valence-electron chi connectivity index (χ3n) is 4.45. The normalized spacial score (nSPS) is 16.7. The van der Waals surface area contributed by atoms with E-state index in [1.165, 1.54) is 18.2 Å². The van der Waals surface area contributed by atoms with Crippen LogP contribution in [0.5, 0.6) is 0 Å². The number of benzene rings is 1. The molecule has 0 aliphatic heterocycles. The lowest BCUT2D eigenvalue weighted by Crippen LogP contribution is -2.59. The molecule has 2 rings (SSSR count). The number of nitrogens with one attached hydrogen (secondary N) is 2. The molecule has 1 aliphatic rings. The van der Waals surface area contributed by atoms with Gasteiger partial charge in [0.2, 0.25) is 5.91 Å². The SMILES string of the molecule is CCCNC(=O)C1(NC(=O)c2ccc(F)c(C)c2)CCCCC1. The molecule has 0 unspecified atom stereocenters. The third-order valence-corrected chi connectivity index (χ3v) is 4.45. The average molecular weight is 320 g/mol. The van der Waals surface area contributed by atoms with Gasteiger partial charge in [0, 0.05) is 12.1 Å². The Labute approximate surface area is 136 Å². The molecular formula is C18H25FN2O2. The van der Waals surface area contributed by atoms with Crippen LogP contribution >= 0.6 is 0 Å². The zero-order chi connectivity index (χ0) is 16.9. The lowest BCUT2D eigenvalue weighted by Gasteiger charge is -2.36. The van der Waals surface area contributed by atoms with Crippen molar-refractivity contribution in [1.82, 2.24) is 10.6 Å². The molecule has 1 fully saturated rings. The van der Waals surface area contributed by atoms with Crippen LogP contribution in [0.1, 0.15) is 61.4 Å². The minimum atomic E-state index is -0.840. The molecular weight excluding hydrogens is 295 g/mol. The van der Waals surface area contributed by atoms with Crippen molar-refractivity contribution >= 4 is 11.8 Å². The van der Waals surface area contributed by atoms with Gasteiger partial charge in [0.05, 0.1) is 0 Å². The third kappa shape index (κ3) is 4.09. The van der Waals surface area contributed by atoms with E-state index in [9.17, 15) is 14.0 Å². The Morgan fingerprint density at radius 3 is 2.52 bits per heavy atom. The number of carbonyl (C=O) groups is 2. The van der Waals surface area contributed by atoms with E-state index in [2.05, 4.69) is 10.6 Å². The molecule has 0 heterocycles. The molecule has 2 N–H and O–H groups in total. The van der Waals surface area contributed by atoms with Crippen molar-refractivity contribution in [1.29, 1.82) is 0 Å². The first-order valence-corrected chi connectivity index (χ1v) is 8.35. The van der Waals surface area contributed by atoms with Gasteiger partial charge in [-0.2, -0.15) is 0 Å². The number of carbonyl (C=O) groups excluding carboxylic acids is 2. The first-order valence-electron chi connectivity index (χ1n) is 8.35. The van der Waals surface area contributed by atoms with E-state index >= 15 is 0 Å². The Balaban J connectivity index is 2.17. The smallest absolute Gasteiger partial charge is 0.252 e. The predicted octanol–water partition coefficient (Wildman–Crippen LogP) is 3.09. The summed E-state index contributed by atoms with van der Waals surface area (Å²) in [6, 6.07) is 4.26. The molecule has 2 amide bonds. The summed E-state index contributed by atoms with van der Waals surface area (Å²) in [6.07, 6.45) is 5.06. The van der Waals surface area contributed by atoms with Crippen molar-refractivity contribution in [2.75, 3.05) is 6.54 Å². The van der Waals surface area contributed by atoms with Gasteiger partial charge in [-0.3, -0.25) is 9.59 Å². The fourth-order valence-corrected chi connectivity index (χ4v) is 3.05. The molecule has 5 heteroatoms. The van der Waals surface area contributed by atoms with E-state index in [4.69, 9.17) is 0 Å². The van der Waals surface area contributed by atoms with Gasteiger partial charge in [0.25, 0.3) is 5.91 Å². The second kappa shape index (κ2) is 7.57. The van der Waals surface area contributed by atoms with Crippen molar-refractivity contribution in [3.8, 4) is 0 Å². The van der Waals surface area contributed by atoms with Crippen molar-refractivity contribution in [2.24, 2.45) is 0 Å². The van der Waals surface area contributed by atoms with Gasteiger partial charge in [0.15, 0.2) is 0 Å².